The first-order valence-corrected chi connectivity index (χ1v) is 11.7. The summed E-state index contributed by atoms with van der Waals surface area (Å²) in [4.78, 5) is 3.96. The summed E-state index contributed by atoms with van der Waals surface area (Å²) in [5.74, 6) is 1.35. The van der Waals surface area contributed by atoms with Gasteiger partial charge < -0.3 is 14.5 Å². The van der Waals surface area contributed by atoms with Crippen LogP contribution in [0.15, 0.2) is 78.0 Å². The van der Waals surface area contributed by atoms with Gasteiger partial charge in [-0.2, -0.15) is 0 Å². The van der Waals surface area contributed by atoms with Crippen LogP contribution < -0.4 is 9.47 Å². The number of fused-ring (bicyclic) bond motifs is 1. The molecule has 1 aromatic heterocycles. The van der Waals surface area contributed by atoms with Gasteiger partial charge in [0.05, 0.1) is 19.1 Å². The van der Waals surface area contributed by atoms with Crippen LogP contribution in [0.4, 0.5) is 0 Å². The SMILES string of the molecule is COc1ccc(CN(CCc2c[nH]cc2C)S(=O)c2ccc3ccccc3c2)cc1OC. The normalized spacial score (nSPS) is 12.2. The maximum absolute atomic E-state index is 13.7. The Balaban J connectivity index is 1.62. The Morgan fingerprint density at radius 1 is 0.906 bits per heavy atom. The number of nitrogens with zero attached hydrogens (tertiary/aromatic N) is 1. The Hall–Kier alpha value is -3.09. The third-order valence-corrected chi connectivity index (χ3v) is 7.10. The van der Waals surface area contributed by atoms with Gasteiger partial charge >= 0.3 is 0 Å². The minimum atomic E-state index is -1.31. The molecule has 1 N–H and O–H groups in total. The van der Waals surface area contributed by atoms with E-state index < -0.39 is 11.0 Å². The molecule has 0 aliphatic carbocycles. The van der Waals surface area contributed by atoms with Crippen LogP contribution in [0.25, 0.3) is 10.8 Å². The average molecular weight is 449 g/mol. The number of H-pyrrole nitrogens is 1. The van der Waals surface area contributed by atoms with Crippen LogP contribution in [0, 0.1) is 6.92 Å². The Morgan fingerprint density at radius 2 is 1.69 bits per heavy atom. The Morgan fingerprint density at radius 3 is 2.41 bits per heavy atom. The van der Waals surface area contributed by atoms with Gasteiger partial charge in [-0.05, 0) is 65.1 Å². The predicted octanol–water partition coefficient (Wildman–Crippen LogP) is 5.26. The molecule has 4 aromatic rings. The quantitative estimate of drug-likeness (QED) is 0.380. The summed E-state index contributed by atoms with van der Waals surface area (Å²) in [5, 5.41) is 2.23. The monoisotopic (exact) mass is 448 g/mol. The first-order valence-electron chi connectivity index (χ1n) is 10.6. The van der Waals surface area contributed by atoms with Crippen LogP contribution in [0.5, 0.6) is 11.5 Å². The van der Waals surface area contributed by atoms with Crippen molar-refractivity contribution in [2.45, 2.75) is 24.8 Å². The Bertz CT molecular complexity index is 1230. The van der Waals surface area contributed by atoms with Gasteiger partial charge in [-0.25, -0.2) is 8.51 Å². The summed E-state index contributed by atoms with van der Waals surface area (Å²) >= 11 is 0. The number of aryl methyl sites for hydroxylation is 1. The zero-order valence-corrected chi connectivity index (χ0v) is 19.4. The molecule has 1 unspecified atom stereocenters. The molecular formula is C26H28N2O3S. The highest BCUT2D eigenvalue weighted by atomic mass is 32.2. The number of nitrogens with one attached hydrogen (secondary N) is 1. The van der Waals surface area contributed by atoms with Gasteiger partial charge in [0.1, 0.15) is 11.0 Å². The van der Waals surface area contributed by atoms with Gasteiger partial charge in [-0.1, -0.05) is 36.4 Å². The maximum atomic E-state index is 13.7. The number of methoxy groups -OCH3 is 2. The Kier molecular flexibility index (Phi) is 6.93. The van der Waals surface area contributed by atoms with Crippen LogP contribution in [0.2, 0.25) is 0 Å². The van der Waals surface area contributed by atoms with E-state index in [1.165, 1.54) is 11.1 Å². The Labute approximate surface area is 191 Å². The zero-order chi connectivity index (χ0) is 22.5. The van der Waals surface area contributed by atoms with Crippen molar-refractivity contribution in [1.82, 2.24) is 9.29 Å². The highest BCUT2D eigenvalue weighted by molar-refractivity contribution is 7.82. The van der Waals surface area contributed by atoms with Crippen molar-refractivity contribution in [3.8, 4) is 11.5 Å². The van der Waals surface area contributed by atoms with Gasteiger partial charge in [-0.3, -0.25) is 0 Å². The van der Waals surface area contributed by atoms with Gasteiger partial charge in [0, 0.05) is 25.5 Å². The highest BCUT2D eigenvalue weighted by Gasteiger charge is 2.18. The molecule has 0 radical (unpaired) electrons. The van der Waals surface area contributed by atoms with E-state index in [4.69, 9.17) is 9.47 Å². The van der Waals surface area contributed by atoms with Crippen molar-refractivity contribution in [2.24, 2.45) is 0 Å². The first-order chi connectivity index (χ1) is 15.6. The molecule has 0 aliphatic rings. The molecule has 0 fully saturated rings. The fourth-order valence-corrected chi connectivity index (χ4v) is 5.05. The third kappa shape index (κ3) is 4.87. The minimum Gasteiger partial charge on any atom is -0.493 e. The van der Waals surface area contributed by atoms with E-state index in [0.717, 1.165) is 27.7 Å². The van der Waals surface area contributed by atoms with Crippen LogP contribution in [-0.2, 0) is 24.0 Å². The van der Waals surface area contributed by atoms with E-state index in [9.17, 15) is 4.21 Å². The summed E-state index contributed by atoms with van der Waals surface area (Å²) in [5.41, 5.74) is 3.47. The van der Waals surface area contributed by atoms with Crippen molar-refractivity contribution < 1.29 is 13.7 Å². The van der Waals surface area contributed by atoms with E-state index in [2.05, 4.69) is 24.0 Å². The highest BCUT2D eigenvalue weighted by Crippen LogP contribution is 2.29. The number of aromatic nitrogens is 1. The maximum Gasteiger partial charge on any atom is 0.161 e. The molecule has 0 amide bonds. The molecule has 0 saturated carbocycles. The van der Waals surface area contributed by atoms with Crippen molar-refractivity contribution in [1.29, 1.82) is 0 Å². The van der Waals surface area contributed by atoms with Crippen LogP contribution in [0.1, 0.15) is 16.7 Å². The molecule has 1 atom stereocenters. The summed E-state index contributed by atoms with van der Waals surface area (Å²) in [6, 6.07) is 20.0. The number of hydrogen-bond donors (Lipinski definition) is 1. The molecular weight excluding hydrogens is 420 g/mol. The van der Waals surface area contributed by atoms with E-state index in [1.54, 1.807) is 14.2 Å². The summed E-state index contributed by atoms with van der Waals surface area (Å²) in [7, 11) is 1.94. The van der Waals surface area contributed by atoms with Gasteiger partial charge in [-0.15, -0.1) is 0 Å². The van der Waals surface area contributed by atoms with E-state index >= 15 is 0 Å². The van der Waals surface area contributed by atoms with E-state index in [0.29, 0.717) is 24.6 Å². The molecule has 0 spiro atoms. The fraction of sp³-hybridized carbons (Fsp3) is 0.231. The standard InChI is InChI=1S/C26H28N2O3S/c1-19-16-27-17-23(19)12-13-28(18-20-8-11-25(30-2)26(14-20)31-3)32(29)24-10-9-21-6-4-5-7-22(21)15-24/h4-11,14-17,27H,12-13,18H2,1-3H3. The molecule has 0 saturated heterocycles. The molecule has 0 bridgehead atoms. The van der Waals surface area contributed by atoms with Crippen molar-refractivity contribution in [3.63, 3.8) is 0 Å². The topological polar surface area (TPSA) is 54.6 Å². The van der Waals surface area contributed by atoms with Crippen molar-refractivity contribution in [3.05, 3.63) is 89.7 Å². The van der Waals surface area contributed by atoms with Gasteiger partial charge in [0.25, 0.3) is 0 Å². The molecule has 1 heterocycles. The molecule has 3 aromatic carbocycles. The molecule has 6 heteroatoms. The number of benzene rings is 3. The van der Waals surface area contributed by atoms with Crippen LogP contribution >= 0.6 is 0 Å². The second-order valence-corrected chi connectivity index (χ2v) is 9.21. The van der Waals surface area contributed by atoms with Crippen LogP contribution in [-0.4, -0.2) is 34.3 Å². The van der Waals surface area contributed by atoms with Crippen molar-refractivity contribution in [2.75, 3.05) is 20.8 Å². The minimum absolute atomic E-state index is 0.531. The second kappa shape index (κ2) is 10.0. The second-order valence-electron chi connectivity index (χ2n) is 7.72. The molecule has 0 aliphatic heterocycles. The lowest BCUT2D eigenvalue weighted by Crippen LogP contribution is -2.28. The average Bonchev–Trinajstić information content (AvgIpc) is 3.25. The molecule has 5 nitrogen and oxygen atoms in total. The van der Waals surface area contributed by atoms with E-state index in [1.807, 2.05) is 65.2 Å². The van der Waals surface area contributed by atoms with Gasteiger partial charge in [0.15, 0.2) is 11.5 Å². The zero-order valence-electron chi connectivity index (χ0n) is 18.6. The molecule has 4 rings (SSSR count). The first kappa shape index (κ1) is 22.1. The van der Waals surface area contributed by atoms with Crippen molar-refractivity contribution >= 4 is 21.8 Å². The summed E-state index contributed by atoms with van der Waals surface area (Å²) < 4.78 is 26.5. The lowest BCUT2D eigenvalue weighted by molar-refractivity contribution is 0.353. The molecule has 166 valence electrons. The number of rotatable bonds is 9. The predicted molar refractivity (Wildman–Crippen MR) is 130 cm³/mol. The fourth-order valence-electron chi connectivity index (χ4n) is 3.82. The smallest absolute Gasteiger partial charge is 0.161 e. The lowest BCUT2D eigenvalue weighted by Gasteiger charge is -2.22. The van der Waals surface area contributed by atoms with Gasteiger partial charge in [0.2, 0.25) is 0 Å². The largest absolute Gasteiger partial charge is 0.493 e. The summed E-state index contributed by atoms with van der Waals surface area (Å²) in [6.45, 7) is 3.28. The number of hydrogen-bond acceptors (Lipinski definition) is 3. The van der Waals surface area contributed by atoms with E-state index in [-0.39, 0.29) is 0 Å². The molecule has 32 heavy (non-hydrogen) atoms. The number of aromatic amines is 1. The summed E-state index contributed by atoms with van der Waals surface area (Å²) in [6.07, 6.45) is 4.82. The number of ether oxygens (including phenoxy) is 2. The third-order valence-electron chi connectivity index (χ3n) is 5.66. The lowest BCUT2D eigenvalue weighted by atomic mass is 10.1. The van der Waals surface area contributed by atoms with Crippen LogP contribution in [0.3, 0.4) is 0 Å².